The average molecular weight is 490 g/mol. The number of sulfonamides is 1. The van der Waals surface area contributed by atoms with E-state index in [2.05, 4.69) is 16.3 Å². The second kappa shape index (κ2) is 9.65. The van der Waals surface area contributed by atoms with Crippen molar-refractivity contribution in [1.29, 1.82) is 0 Å². The van der Waals surface area contributed by atoms with Crippen molar-refractivity contribution in [2.45, 2.75) is 69.1 Å². The molecule has 1 aliphatic carbocycles. The number of amides is 1. The van der Waals surface area contributed by atoms with Gasteiger partial charge in [-0.1, -0.05) is 0 Å². The Hall–Kier alpha value is -2.46. The molecule has 6 rings (SSSR count). The molecule has 1 atom stereocenters. The molecular formula is C24H31N3O6S. The number of carbonyl (C=O) groups is 1. The van der Waals surface area contributed by atoms with Crippen molar-refractivity contribution in [3.63, 3.8) is 0 Å². The van der Waals surface area contributed by atoms with Gasteiger partial charge in [0.15, 0.2) is 6.61 Å². The predicted octanol–water partition coefficient (Wildman–Crippen LogP) is 2.85. The van der Waals surface area contributed by atoms with Crippen LogP contribution in [-0.4, -0.2) is 67.6 Å². The fourth-order valence-corrected chi connectivity index (χ4v) is 6.58. The number of fused-ring (bicyclic) bond motifs is 5. The van der Waals surface area contributed by atoms with Gasteiger partial charge in [0, 0.05) is 24.9 Å². The zero-order valence-corrected chi connectivity index (χ0v) is 20.3. The van der Waals surface area contributed by atoms with Gasteiger partial charge in [-0.2, -0.15) is 4.40 Å². The highest BCUT2D eigenvalue weighted by molar-refractivity contribution is 7.90. The minimum Gasteiger partial charge on any atom is -0.496 e. The highest BCUT2D eigenvalue weighted by Gasteiger charge is 2.34. The number of ether oxygens (including phenoxy) is 3. The lowest BCUT2D eigenvalue weighted by molar-refractivity contribution is -0.131. The zero-order chi connectivity index (χ0) is 23.7. The van der Waals surface area contributed by atoms with Crippen molar-refractivity contribution >= 4 is 21.6 Å². The molecule has 0 radical (unpaired) electrons. The molecule has 1 unspecified atom stereocenters. The van der Waals surface area contributed by atoms with Gasteiger partial charge in [0.25, 0.3) is 15.9 Å². The summed E-state index contributed by atoms with van der Waals surface area (Å²) in [5.74, 6) is 0.549. The number of hydrogen-bond donors (Lipinski definition) is 0. The zero-order valence-electron chi connectivity index (χ0n) is 19.4. The Morgan fingerprint density at radius 1 is 1.18 bits per heavy atom. The Morgan fingerprint density at radius 2 is 2.00 bits per heavy atom. The van der Waals surface area contributed by atoms with Crippen molar-refractivity contribution in [2.24, 2.45) is 4.40 Å². The van der Waals surface area contributed by atoms with Gasteiger partial charge in [0.2, 0.25) is 5.88 Å². The van der Waals surface area contributed by atoms with Crippen LogP contribution in [-0.2, 0) is 24.3 Å². The van der Waals surface area contributed by atoms with Gasteiger partial charge in [-0.25, -0.2) is 13.4 Å². The molecule has 9 nitrogen and oxygen atoms in total. The average Bonchev–Trinajstić information content (AvgIpc) is 3.38. The van der Waals surface area contributed by atoms with Crippen LogP contribution in [0.4, 0.5) is 0 Å². The SMILES string of the molecule is Cc1ccnc2c1C1CCC(CC1)O/C=C1/C(=N/S(=O)(=O)C3CCOC3)CCCN1C(=O)CO2. The van der Waals surface area contributed by atoms with E-state index in [-0.39, 0.29) is 25.2 Å². The van der Waals surface area contributed by atoms with E-state index < -0.39 is 15.3 Å². The standard InChI is InChI=1S/C24H31N3O6S/c1-16-8-10-25-24-23(16)17-4-6-18(7-5-17)32-14-21-20(3-2-11-27(21)22(28)15-33-24)26-34(29,30)19-9-12-31-13-19/h8,10,14,17-19H,2-7,9,11-13,15H2,1H3/b21-14-,26-20+. The molecule has 1 aromatic heterocycles. The van der Waals surface area contributed by atoms with Gasteiger partial charge >= 0.3 is 0 Å². The lowest BCUT2D eigenvalue weighted by Crippen LogP contribution is -2.41. The minimum atomic E-state index is -3.75. The number of rotatable bonds is 2. The van der Waals surface area contributed by atoms with Gasteiger partial charge in [-0.15, -0.1) is 0 Å². The second-order valence-electron chi connectivity index (χ2n) is 9.44. The fraction of sp³-hybridized carbons (Fsp3) is 0.625. The molecule has 10 heteroatoms. The summed E-state index contributed by atoms with van der Waals surface area (Å²) in [6.45, 7) is 2.88. The van der Waals surface area contributed by atoms with Crippen LogP contribution in [0, 0.1) is 6.92 Å². The van der Waals surface area contributed by atoms with E-state index >= 15 is 0 Å². The summed E-state index contributed by atoms with van der Waals surface area (Å²) in [6.07, 6.45) is 8.36. The Balaban J connectivity index is 1.49. The van der Waals surface area contributed by atoms with Gasteiger partial charge in [0.05, 0.1) is 18.4 Å². The molecule has 4 aliphatic heterocycles. The lowest BCUT2D eigenvalue weighted by Gasteiger charge is -2.31. The van der Waals surface area contributed by atoms with Gasteiger partial charge in [-0.05, 0) is 69.4 Å². The van der Waals surface area contributed by atoms with E-state index in [4.69, 9.17) is 14.2 Å². The van der Waals surface area contributed by atoms with E-state index in [1.165, 1.54) is 0 Å². The first-order valence-electron chi connectivity index (χ1n) is 12.1. The first-order valence-corrected chi connectivity index (χ1v) is 13.6. The summed E-state index contributed by atoms with van der Waals surface area (Å²) in [6, 6.07) is 1.98. The molecule has 0 N–H and O–H groups in total. The fourth-order valence-electron chi connectivity index (χ4n) is 5.28. The molecule has 1 saturated carbocycles. The Kier molecular flexibility index (Phi) is 6.61. The van der Waals surface area contributed by atoms with Crippen molar-refractivity contribution in [3.05, 3.63) is 35.3 Å². The largest absolute Gasteiger partial charge is 0.496 e. The van der Waals surface area contributed by atoms with Crippen LogP contribution >= 0.6 is 0 Å². The molecule has 0 spiro atoms. The first kappa shape index (κ1) is 23.3. The smallest absolute Gasteiger partial charge is 0.265 e. The lowest BCUT2D eigenvalue weighted by atomic mass is 9.81. The van der Waals surface area contributed by atoms with E-state index in [1.54, 1.807) is 17.4 Å². The molecule has 2 bridgehead atoms. The first-order chi connectivity index (χ1) is 16.4. The third-order valence-corrected chi connectivity index (χ3v) is 8.88. The van der Waals surface area contributed by atoms with Crippen LogP contribution in [0.2, 0.25) is 0 Å². The number of aromatic nitrogens is 1. The van der Waals surface area contributed by atoms with Crippen molar-refractivity contribution < 1.29 is 27.4 Å². The van der Waals surface area contributed by atoms with E-state index in [1.807, 2.05) is 6.07 Å². The maximum atomic E-state index is 13.2. The number of pyridine rings is 1. The highest BCUT2D eigenvalue weighted by Crippen LogP contribution is 2.39. The summed E-state index contributed by atoms with van der Waals surface area (Å²) >= 11 is 0. The molecule has 1 amide bonds. The molecule has 0 aromatic carbocycles. The van der Waals surface area contributed by atoms with Crippen molar-refractivity contribution in [1.82, 2.24) is 9.88 Å². The van der Waals surface area contributed by atoms with Crippen LogP contribution in [0.5, 0.6) is 5.88 Å². The highest BCUT2D eigenvalue weighted by atomic mass is 32.2. The Bertz CT molecular complexity index is 1100. The van der Waals surface area contributed by atoms with Crippen molar-refractivity contribution in [3.8, 4) is 5.88 Å². The molecule has 184 valence electrons. The third kappa shape index (κ3) is 4.70. The van der Waals surface area contributed by atoms with Gasteiger partial charge in [-0.3, -0.25) is 4.79 Å². The van der Waals surface area contributed by atoms with E-state index in [0.29, 0.717) is 55.6 Å². The summed E-state index contributed by atoms with van der Waals surface area (Å²) < 4.78 is 47.3. The predicted molar refractivity (Wildman–Crippen MR) is 125 cm³/mol. The number of carbonyl (C=O) groups excluding carboxylic acids is 1. The summed E-state index contributed by atoms with van der Waals surface area (Å²) in [5, 5.41) is -0.646. The Labute approximate surface area is 200 Å². The molecule has 5 heterocycles. The summed E-state index contributed by atoms with van der Waals surface area (Å²) in [5.41, 5.74) is 2.97. The molecule has 1 aromatic rings. The van der Waals surface area contributed by atoms with E-state index in [0.717, 1.165) is 36.8 Å². The number of allylic oxidation sites excluding steroid dienone is 1. The normalized spacial score (nSPS) is 30.7. The monoisotopic (exact) mass is 489 g/mol. The van der Waals surface area contributed by atoms with Crippen LogP contribution in [0.15, 0.2) is 28.6 Å². The van der Waals surface area contributed by atoms with E-state index in [9.17, 15) is 13.2 Å². The quantitative estimate of drug-likeness (QED) is 0.629. The third-order valence-electron chi connectivity index (χ3n) is 7.19. The van der Waals surface area contributed by atoms with Gasteiger partial charge < -0.3 is 19.1 Å². The number of aryl methyl sites for hydroxylation is 1. The summed E-state index contributed by atoms with van der Waals surface area (Å²) in [7, 11) is -3.75. The maximum absolute atomic E-state index is 13.2. The molecule has 5 aliphatic rings. The topological polar surface area (TPSA) is 107 Å². The van der Waals surface area contributed by atoms with Crippen LogP contribution in [0.25, 0.3) is 0 Å². The molecule has 2 saturated heterocycles. The second-order valence-corrected chi connectivity index (χ2v) is 11.3. The van der Waals surface area contributed by atoms with Crippen molar-refractivity contribution in [2.75, 3.05) is 26.4 Å². The minimum absolute atomic E-state index is 0.00539. The summed E-state index contributed by atoms with van der Waals surface area (Å²) in [4.78, 5) is 19.2. The van der Waals surface area contributed by atoms with Crippen LogP contribution in [0.3, 0.4) is 0 Å². The van der Waals surface area contributed by atoms with Crippen LogP contribution < -0.4 is 4.74 Å². The molecule has 3 fully saturated rings. The molecule has 34 heavy (non-hydrogen) atoms. The van der Waals surface area contributed by atoms with Crippen LogP contribution in [0.1, 0.15) is 62.0 Å². The number of nitrogens with zero attached hydrogens (tertiary/aromatic N) is 3. The maximum Gasteiger partial charge on any atom is 0.265 e. The molecular weight excluding hydrogens is 458 g/mol. The van der Waals surface area contributed by atoms with Gasteiger partial charge in [0.1, 0.15) is 17.2 Å². The Morgan fingerprint density at radius 3 is 2.76 bits per heavy atom. The number of hydrogen-bond acceptors (Lipinski definition) is 7. The number of piperidine rings is 1.